The van der Waals surface area contributed by atoms with Crippen LogP contribution in [0.4, 0.5) is 13.2 Å². The van der Waals surface area contributed by atoms with E-state index in [0.717, 1.165) is 10.0 Å². The van der Waals surface area contributed by atoms with Crippen molar-refractivity contribution in [2.45, 2.75) is 50.8 Å². The molecule has 1 atom stereocenters. The Balaban J connectivity index is 2.47. The topological polar surface area (TPSA) is 45.2 Å². The Hall–Kier alpha value is -1.99. The van der Waals surface area contributed by atoms with Crippen molar-refractivity contribution < 1.29 is 23.0 Å². The van der Waals surface area contributed by atoms with Crippen LogP contribution in [0.25, 0.3) is 12.2 Å². The predicted octanol–water partition coefficient (Wildman–Crippen LogP) is 6.67. The number of allylic oxidation sites excluding steroid dienone is 1. The number of H-pyrrole nitrogens is 1. The summed E-state index contributed by atoms with van der Waals surface area (Å²) in [5.41, 5.74) is -1.77. The van der Waals surface area contributed by atoms with E-state index in [1.807, 2.05) is 6.92 Å². The van der Waals surface area contributed by atoms with Gasteiger partial charge in [0.15, 0.2) is 5.60 Å². The van der Waals surface area contributed by atoms with Gasteiger partial charge < -0.3 is 14.8 Å². The van der Waals surface area contributed by atoms with E-state index in [2.05, 4.69) is 27.5 Å². The zero-order chi connectivity index (χ0) is 22.7. The average Bonchev–Trinajstić information content (AvgIpc) is 3.01. The van der Waals surface area contributed by atoms with Gasteiger partial charge in [0.2, 0.25) is 0 Å². The van der Waals surface area contributed by atoms with Gasteiger partial charge in [-0.15, -0.1) is 0 Å². The van der Waals surface area contributed by atoms with E-state index in [9.17, 15) is 18.3 Å². The predicted molar refractivity (Wildman–Crippen MR) is 119 cm³/mol. The molecule has 0 bridgehead atoms. The highest BCUT2D eigenvalue weighted by atomic mass is 79.9. The normalized spacial score (nSPS) is 14.7. The van der Waals surface area contributed by atoms with E-state index in [1.165, 1.54) is 7.11 Å². The van der Waals surface area contributed by atoms with E-state index < -0.39 is 30.0 Å². The van der Waals surface area contributed by atoms with Crippen molar-refractivity contribution in [3.05, 3.63) is 63.9 Å². The monoisotopic (exact) mass is 485 g/mol. The Morgan fingerprint density at radius 3 is 2.43 bits per heavy atom. The number of rotatable bonds is 8. The number of halogens is 4. The molecule has 164 valence electrons. The molecule has 1 aromatic heterocycles. The van der Waals surface area contributed by atoms with Crippen LogP contribution >= 0.6 is 15.9 Å². The van der Waals surface area contributed by atoms with Gasteiger partial charge in [0.1, 0.15) is 5.75 Å². The summed E-state index contributed by atoms with van der Waals surface area (Å²) < 4.78 is 48.4. The second kappa shape index (κ2) is 9.02. The molecule has 3 nitrogen and oxygen atoms in total. The molecular formula is C23H27BrF3NO2. The summed E-state index contributed by atoms with van der Waals surface area (Å²) in [6.45, 7) is 8.85. The highest BCUT2D eigenvalue weighted by molar-refractivity contribution is 9.10. The maximum atomic E-state index is 14.1. The van der Waals surface area contributed by atoms with Gasteiger partial charge in [0.25, 0.3) is 0 Å². The Labute approximate surface area is 183 Å². The first kappa shape index (κ1) is 24.3. The number of hydrogen-bond donors (Lipinski definition) is 2. The standard InChI is InChI=1S/C23H27BrF3NO2/c1-6-8-15-11-17(28-19(15)7-2)13-22(29,23(25,26)27)14-21(3,4)18-12-16(24)9-10-20(18)30-5/h6-12,28-29H,2,13-14H2,1,3-5H3/b8-6-. The van der Waals surface area contributed by atoms with Crippen molar-refractivity contribution in [3.63, 3.8) is 0 Å². The van der Waals surface area contributed by atoms with Crippen molar-refractivity contribution in [2.75, 3.05) is 7.11 Å². The second-order valence-corrected chi connectivity index (χ2v) is 8.89. The quantitative estimate of drug-likeness (QED) is 0.438. The summed E-state index contributed by atoms with van der Waals surface area (Å²) >= 11 is 3.36. The fraction of sp³-hybridized carbons (Fsp3) is 0.391. The van der Waals surface area contributed by atoms with Crippen LogP contribution in [-0.2, 0) is 11.8 Å². The first-order chi connectivity index (χ1) is 13.9. The van der Waals surface area contributed by atoms with E-state index in [-0.39, 0.29) is 5.69 Å². The van der Waals surface area contributed by atoms with Crippen molar-refractivity contribution in [1.29, 1.82) is 0 Å². The number of aromatic nitrogens is 1. The smallest absolute Gasteiger partial charge is 0.417 e. The number of nitrogens with one attached hydrogen (secondary N) is 1. The Kier molecular flexibility index (Phi) is 7.30. The Morgan fingerprint density at radius 1 is 1.23 bits per heavy atom. The minimum absolute atomic E-state index is 0.287. The zero-order valence-corrected chi connectivity index (χ0v) is 19.1. The van der Waals surface area contributed by atoms with Crippen LogP contribution < -0.4 is 4.74 Å². The van der Waals surface area contributed by atoms with Gasteiger partial charge in [0.05, 0.1) is 7.11 Å². The van der Waals surface area contributed by atoms with Crippen molar-refractivity contribution in [1.82, 2.24) is 4.98 Å². The van der Waals surface area contributed by atoms with Crippen LogP contribution in [0, 0.1) is 0 Å². The molecule has 0 aliphatic carbocycles. The highest BCUT2D eigenvalue weighted by Crippen LogP contribution is 2.45. The molecule has 0 radical (unpaired) electrons. The van der Waals surface area contributed by atoms with Crippen molar-refractivity contribution >= 4 is 28.1 Å². The van der Waals surface area contributed by atoms with Gasteiger partial charge in [-0.05, 0) is 54.7 Å². The van der Waals surface area contributed by atoms with Gasteiger partial charge in [0, 0.05) is 27.8 Å². The molecule has 0 spiro atoms. The van der Waals surface area contributed by atoms with Crippen LogP contribution in [0.15, 0.2) is 41.4 Å². The minimum Gasteiger partial charge on any atom is -0.496 e. The molecule has 0 amide bonds. The van der Waals surface area contributed by atoms with Crippen LogP contribution in [0.3, 0.4) is 0 Å². The van der Waals surface area contributed by atoms with Gasteiger partial charge in [-0.1, -0.05) is 48.5 Å². The summed E-state index contributed by atoms with van der Waals surface area (Å²) in [5.74, 6) is 0.469. The van der Waals surface area contributed by atoms with Gasteiger partial charge >= 0.3 is 6.18 Å². The van der Waals surface area contributed by atoms with E-state index >= 15 is 0 Å². The van der Waals surface area contributed by atoms with E-state index in [0.29, 0.717) is 17.0 Å². The summed E-state index contributed by atoms with van der Waals surface area (Å²) in [5, 5.41) is 10.9. The van der Waals surface area contributed by atoms with E-state index in [4.69, 9.17) is 4.74 Å². The van der Waals surface area contributed by atoms with Crippen LogP contribution in [-0.4, -0.2) is 29.0 Å². The third kappa shape index (κ3) is 5.19. The molecule has 30 heavy (non-hydrogen) atoms. The maximum Gasteiger partial charge on any atom is 0.417 e. The molecule has 2 N–H and O–H groups in total. The fourth-order valence-electron chi connectivity index (χ4n) is 3.74. The van der Waals surface area contributed by atoms with Crippen LogP contribution in [0.2, 0.25) is 0 Å². The maximum absolute atomic E-state index is 14.1. The first-order valence-corrected chi connectivity index (χ1v) is 10.3. The SMILES string of the molecule is C=Cc1[nH]c(CC(O)(CC(C)(C)c2cc(Br)ccc2OC)C(F)(F)F)cc1/C=C\C. The summed E-state index contributed by atoms with van der Waals surface area (Å²) in [4.78, 5) is 2.94. The number of alkyl halides is 3. The molecule has 0 fully saturated rings. The van der Waals surface area contributed by atoms with Gasteiger partial charge in [-0.25, -0.2) is 0 Å². The largest absolute Gasteiger partial charge is 0.496 e. The fourth-order valence-corrected chi connectivity index (χ4v) is 4.10. The third-order valence-corrected chi connectivity index (χ3v) is 5.62. The molecular weight excluding hydrogens is 459 g/mol. The number of ether oxygens (including phenoxy) is 1. The van der Waals surface area contributed by atoms with Crippen LogP contribution in [0.5, 0.6) is 5.75 Å². The lowest BCUT2D eigenvalue weighted by atomic mass is 9.73. The highest BCUT2D eigenvalue weighted by Gasteiger charge is 2.56. The molecule has 7 heteroatoms. The Morgan fingerprint density at radius 2 is 1.90 bits per heavy atom. The van der Waals surface area contributed by atoms with Crippen molar-refractivity contribution in [2.24, 2.45) is 0 Å². The van der Waals surface area contributed by atoms with Crippen LogP contribution in [0.1, 0.15) is 49.7 Å². The molecule has 1 unspecified atom stereocenters. The van der Waals surface area contributed by atoms with E-state index in [1.54, 1.807) is 56.3 Å². The minimum atomic E-state index is -4.83. The molecule has 0 saturated heterocycles. The van der Waals surface area contributed by atoms with Gasteiger partial charge in [-0.2, -0.15) is 13.2 Å². The number of hydrogen-bond acceptors (Lipinski definition) is 2. The lowest BCUT2D eigenvalue weighted by molar-refractivity contribution is -0.266. The zero-order valence-electron chi connectivity index (χ0n) is 17.5. The van der Waals surface area contributed by atoms with Gasteiger partial charge in [-0.3, -0.25) is 0 Å². The number of aromatic amines is 1. The third-order valence-electron chi connectivity index (χ3n) is 5.12. The molecule has 0 saturated carbocycles. The van der Waals surface area contributed by atoms with Crippen molar-refractivity contribution in [3.8, 4) is 5.75 Å². The molecule has 2 aromatic rings. The molecule has 1 aromatic carbocycles. The summed E-state index contributed by atoms with van der Waals surface area (Å²) in [6.07, 6.45) is -0.865. The average molecular weight is 486 g/mol. The summed E-state index contributed by atoms with van der Waals surface area (Å²) in [6, 6.07) is 6.79. The molecule has 0 aliphatic heterocycles. The second-order valence-electron chi connectivity index (χ2n) is 7.98. The molecule has 0 aliphatic rings. The number of aliphatic hydroxyl groups is 1. The molecule has 2 rings (SSSR count). The first-order valence-electron chi connectivity index (χ1n) is 9.47. The number of methoxy groups -OCH3 is 1. The Bertz CT molecular complexity index is 931. The number of benzene rings is 1. The lowest BCUT2D eigenvalue weighted by Gasteiger charge is -2.38. The molecule has 1 heterocycles. The summed E-state index contributed by atoms with van der Waals surface area (Å²) in [7, 11) is 1.47. The lowest BCUT2D eigenvalue weighted by Crippen LogP contribution is -2.51.